The molecule has 0 spiro atoms. The van der Waals surface area contributed by atoms with E-state index < -0.39 is 5.97 Å². The average Bonchev–Trinajstić information content (AvgIpc) is 3.44. The molecule has 6 nitrogen and oxygen atoms in total. The van der Waals surface area contributed by atoms with Crippen molar-refractivity contribution in [2.45, 2.75) is 6.42 Å². The summed E-state index contributed by atoms with van der Waals surface area (Å²) in [6.45, 7) is 0. The molecular weight excluding hydrogens is 464 g/mol. The highest BCUT2D eigenvalue weighted by Gasteiger charge is 2.36. The number of fused-ring (bicyclic) bond motifs is 2. The predicted molar refractivity (Wildman–Crippen MR) is 145 cm³/mol. The van der Waals surface area contributed by atoms with Crippen molar-refractivity contribution in [3.63, 3.8) is 0 Å². The van der Waals surface area contributed by atoms with Gasteiger partial charge in [0.2, 0.25) is 0 Å². The zero-order chi connectivity index (χ0) is 25.7. The highest BCUT2D eigenvalue weighted by Crippen LogP contribution is 2.44. The van der Waals surface area contributed by atoms with Gasteiger partial charge in [-0.2, -0.15) is 0 Å². The van der Waals surface area contributed by atoms with Gasteiger partial charge in [-0.25, -0.2) is 4.79 Å². The Kier molecular flexibility index (Phi) is 5.16. The van der Waals surface area contributed by atoms with Crippen LogP contribution in [0.1, 0.15) is 32.6 Å². The van der Waals surface area contributed by atoms with Crippen LogP contribution in [0.2, 0.25) is 0 Å². The van der Waals surface area contributed by atoms with E-state index in [9.17, 15) is 19.8 Å². The summed E-state index contributed by atoms with van der Waals surface area (Å²) in [5.41, 5.74) is 13.0. The topological polar surface area (TPSA) is 104 Å². The molecular formula is C31H22N2O4. The number of carboxylic acid groups (broad SMARTS) is 1. The maximum absolute atomic E-state index is 13.8. The van der Waals surface area contributed by atoms with Crippen LogP contribution in [0.15, 0.2) is 90.6 Å². The lowest BCUT2D eigenvalue weighted by atomic mass is 9.96. The Balaban J connectivity index is 1.46. The molecule has 0 atom stereocenters. The van der Waals surface area contributed by atoms with Crippen molar-refractivity contribution in [1.82, 2.24) is 0 Å². The molecule has 0 fully saturated rings. The number of allylic oxidation sites excluding steroid dienone is 1. The van der Waals surface area contributed by atoms with Crippen LogP contribution >= 0.6 is 0 Å². The molecule has 1 heterocycles. The monoisotopic (exact) mass is 486 g/mol. The zero-order valence-electron chi connectivity index (χ0n) is 19.7. The summed E-state index contributed by atoms with van der Waals surface area (Å²) >= 11 is 0. The first kappa shape index (κ1) is 22.4. The maximum atomic E-state index is 13.8. The lowest BCUT2D eigenvalue weighted by molar-refractivity contribution is -0.112. The van der Waals surface area contributed by atoms with Crippen LogP contribution in [-0.4, -0.2) is 22.1 Å². The Morgan fingerprint density at radius 1 is 0.919 bits per heavy atom. The van der Waals surface area contributed by atoms with Gasteiger partial charge in [0.15, 0.2) is 0 Å². The average molecular weight is 487 g/mol. The molecule has 180 valence electrons. The van der Waals surface area contributed by atoms with E-state index in [1.54, 1.807) is 35.2 Å². The molecule has 4 aromatic carbocycles. The molecule has 6 heteroatoms. The fourth-order valence-corrected chi connectivity index (χ4v) is 5.04. The molecule has 1 aliphatic heterocycles. The van der Waals surface area contributed by atoms with E-state index in [1.807, 2.05) is 48.5 Å². The number of carbonyl (C=O) groups excluding carboxylic acids is 1. The number of benzene rings is 4. The molecule has 6 rings (SSSR count). The fourth-order valence-electron chi connectivity index (χ4n) is 5.04. The second kappa shape index (κ2) is 8.53. The minimum atomic E-state index is -1.06. The molecule has 0 bridgehead atoms. The van der Waals surface area contributed by atoms with Gasteiger partial charge in [0.1, 0.15) is 5.75 Å². The van der Waals surface area contributed by atoms with Crippen molar-refractivity contribution in [2.75, 3.05) is 10.6 Å². The number of para-hydroxylation sites is 1. The van der Waals surface area contributed by atoms with Crippen LogP contribution in [0, 0.1) is 0 Å². The van der Waals surface area contributed by atoms with E-state index in [-0.39, 0.29) is 17.2 Å². The lowest BCUT2D eigenvalue weighted by Crippen LogP contribution is -2.25. The van der Waals surface area contributed by atoms with Crippen molar-refractivity contribution in [3.05, 3.63) is 118 Å². The zero-order valence-corrected chi connectivity index (χ0v) is 19.7. The number of carbonyl (C=O) groups is 2. The van der Waals surface area contributed by atoms with E-state index in [2.05, 4.69) is 6.07 Å². The van der Waals surface area contributed by atoms with E-state index in [0.29, 0.717) is 34.4 Å². The summed E-state index contributed by atoms with van der Waals surface area (Å²) in [5.74, 6) is -1.38. The van der Waals surface area contributed by atoms with E-state index >= 15 is 0 Å². The smallest absolute Gasteiger partial charge is 0.335 e. The third kappa shape index (κ3) is 3.67. The summed E-state index contributed by atoms with van der Waals surface area (Å²) in [7, 11) is 0. The van der Waals surface area contributed by atoms with Gasteiger partial charge in [0.25, 0.3) is 5.91 Å². The lowest BCUT2D eigenvalue weighted by Gasteiger charge is -2.18. The van der Waals surface area contributed by atoms with Gasteiger partial charge in [0.05, 0.1) is 16.8 Å². The van der Waals surface area contributed by atoms with Crippen LogP contribution in [-0.2, 0) is 11.2 Å². The molecule has 1 aliphatic carbocycles. The maximum Gasteiger partial charge on any atom is 0.335 e. The third-order valence-corrected chi connectivity index (χ3v) is 6.86. The Labute approximate surface area is 213 Å². The number of carboxylic acids is 1. The summed E-state index contributed by atoms with van der Waals surface area (Å²) in [6, 6.07) is 25.2. The van der Waals surface area contributed by atoms with Crippen molar-refractivity contribution in [3.8, 4) is 16.9 Å². The minimum absolute atomic E-state index is 0.106. The number of rotatable bonds is 4. The Bertz CT molecular complexity index is 1680. The summed E-state index contributed by atoms with van der Waals surface area (Å²) in [6.07, 6.45) is 4.31. The SMILES string of the molecule is Nc1ccc(-c2cccc(C(=O)O)c2)c(O)c1C=C1C(=O)N(C2=Cc3ccccc3C2)c2ccccc21. The Morgan fingerprint density at radius 3 is 2.51 bits per heavy atom. The van der Waals surface area contributed by atoms with E-state index in [0.717, 1.165) is 22.5 Å². The molecule has 0 saturated carbocycles. The number of anilines is 2. The number of amides is 1. The number of aromatic hydroxyl groups is 1. The van der Waals surface area contributed by atoms with E-state index in [4.69, 9.17) is 5.73 Å². The van der Waals surface area contributed by atoms with Crippen LogP contribution in [0.25, 0.3) is 28.9 Å². The number of hydrogen-bond donors (Lipinski definition) is 3. The highest BCUT2D eigenvalue weighted by molar-refractivity contribution is 6.37. The standard InChI is InChI=1S/C31H22N2O4/c32-27-13-12-23(20-8-5-9-21(14-20)31(36)37)29(34)26(27)17-25-24-10-3-4-11-28(24)33(30(25)35)22-15-18-6-1-2-7-19(18)16-22/h1-15,17,34H,16,32H2,(H,36,37). The summed E-state index contributed by atoms with van der Waals surface area (Å²) < 4.78 is 0. The summed E-state index contributed by atoms with van der Waals surface area (Å²) in [5, 5.41) is 20.6. The number of aromatic carboxylic acids is 1. The van der Waals surface area contributed by atoms with Crippen molar-refractivity contribution in [2.24, 2.45) is 0 Å². The highest BCUT2D eigenvalue weighted by atomic mass is 16.4. The van der Waals surface area contributed by atoms with Crippen LogP contribution in [0.4, 0.5) is 11.4 Å². The third-order valence-electron chi connectivity index (χ3n) is 6.86. The van der Waals surface area contributed by atoms with Crippen molar-refractivity contribution < 1.29 is 19.8 Å². The molecule has 37 heavy (non-hydrogen) atoms. The number of phenols is 1. The number of phenolic OH excluding ortho intramolecular Hbond substituents is 1. The van der Waals surface area contributed by atoms with Crippen LogP contribution < -0.4 is 10.6 Å². The van der Waals surface area contributed by atoms with Crippen molar-refractivity contribution >= 4 is 41.0 Å². The normalized spacial score (nSPS) is 15.0. The molecule has 4 N–H and O–H groups in total. The molecule has 4 aromatic rings. The van der Waals surface area contributed by atoms with Gasteiger partial charge >= 0.3 is 5.97 Å². The first-order valence-electron chi connectivity index (χ1n) is 11.8. The minimum Gasteiger partial charge on any atom is -0.507 e. The fraction of sp³-hybridized carbons (Fsp3) is 0.0323. The second-order valence-corrected chi connectivity index (χ2v) is 9.08. The van der Waals surface area contributed by atoms with Crippen LogP contribution in [0.3, 0.4) is 0 Å². The van der Waals surface area contributed by atoms with Gasteiger partial charge < -0.3 is 15.9 Å². The van der Waals surface area contributed by atoms with Crippen molar-refractivity contribution in [1.29, 1.82) is 0 Å². The van der Waals surface area contributed by atoms with Gasteiger partial charge in [-0.05, 0) is 59.2 Å². The number of nitrogens with two attached hydrogens (primary N) is 1. The largest absolute Gasteiger partial charge is 0.507 e. The van der Waals surface area contributed by atoms with Gasteiger partial charge in [-0.3, -0.25) is 9.69 Å². The Hall–Kier alpha value is -5.10. The molecule has 0 saturated heterocycles. The van der Waals surface area contributed by atoms with Gasteiger partial charge in [-0.1, -0.05) is 54.6 Å². The van der Waals surface area contributed by atoms with Gasteiger partial charge in [0, 0.05) is 34.5 Å². The molecule has 2 aliphatic rings. The molecule has 0 unspecified atom stereocenters. The molecule has 0 aromatic heterocycles. The first-order valence-corrected chi connectivity index (χ1v) is 11.8. The van der Waals surface area contributed by atoms with Gasteiger partial charge in [-0.15, -0.1) is 0 Å². The number of nitrogens with zero attached hydrogens (tertiary/aromatic N) is 1. The number of hydrogen-bond acceptors (Lipinski definition) is 4. The van der Waals surface area contributed by atoms with Crippen LogP contribution in [0.5, 0.6) is 5.75 Å². The number of nitrogen functional groups attached to an aromatic ring is 1. The Morgan fingerprint density at radius 2 is 1.70 bits per heavy atom. The second-order valence-electron chi connectivity index (χ2n) is 9.08. The first-order chi connectivity index (χ1) is 17.9. The summed E-state index contributed by atoms with van der Waals surface area (Å²) in [4.78, 5) is 27.0. The van der Waals surface area contributed by atoms with E-state index in [1.165, 1.54) is 17.7 Å². The molecule has 0 radical (unpaired) electrons. The molecule has 1 amide bonds. The quantitative estimate of drug-likeness (QED) is 0.249. The predicted octanol–water partition coefficient (Wildman–Crippen LogP) is 5.82.